The van der Waals surface area contributed by atoms with Crippen LogP contribution in [-0.2, 0) is 25.7 Å². The molecule has 2 aromatic rings. The number of allylic oxidation sites excluding steroid dienone is 3. The molecule has 36 heavy (non-hydrogen) atoms. The third-order valence-electron chi connectivity index (χ3n) is 5.94. The first-order valence-corrected chi connectivity index (χ1v) is 12.5. The Kier molecular flexibility index (Phi) is 7.60. The summed E-state index contributed by atoms with van der Waals surface area (Å²) in [6.45, 7) is 10.8. The highest BCUT2D eigenvalue weighted by molar-refractivity contribution is 6.06. The molecule has 4 rings (SSSR count). The van der Waals surface area contributed by atoms with E-state index in [1.807, 2.05) is 98.6 Å². The Hall–Kier alpha value is -3.44. The fourth-order valence-electron chi connectivity index (χ4n) is 4.50. The highest BCUT2D eigenvalue weighted by atomic mass is 16.6. The Morgan fingerprint density at radius 1 is 1.03 bits per heavy atom. The quantitative estimate of drug-likeness (QED) is 0.445. The number of rotatable bonds is 7. The predicted octanol–water partition coefficient (Wildman–Crippen LogP) is 6.08. The molecule has 5 heteroatoms. The number of carbonyl (C=O) groups excluding carboxylic acids is 2. The SMILES string of the molecule is CC(C)CN1C=C2CC(=O)C(OCc3ccccc3)C=C2C(c2ccccc2)=C1C(=O)OC(C)(C)C. The first kappa shape index (κ1) is 25.6. The van der Waals surface area contributed by atoms with E-state index < -0.39 is 11.7 Å². The van der Waals surface area contributed by atoms with Gasteiger partial charge in [-0.3, -0.25) is 4.79 Å². The van der Waals surface area contributed by atoms with Crippen molar-refractivity contribution in [3.63, 3.8) is 0 Å². The molecule has 0 bridgehead atoms. The number of ether oxygens (including phenoxy) is 2. The van der Waals surface area contributed by atoms with Gasteiger partial charge in [-0.2, -0.15) is 0 Å². The van der Waals surface area contributed by atoms with Crippen molar-refractivity contribution in [2.45, 2.75) is 59.4 Å². The number of ketones is 1. The van der Waals surface area contributed by atoms with Crippen LogP contribution in [0.5, 0.6) is 0 Å². The largest absolute Gasteiger partial charge is 0.455 e. The van der Waals surface area contributed by atoms with Crippen molar-refractivity contribution in [2.75, 3.05) is 6.54 Å². The first-order valence-electron chi connectivity index (χ1n) is 12.5. The van der Waals surface area contributed by atoms with Crippen molar-refractivity contribution in [3.8, 4) is 0 Å². The second-order valence-electron chi connectivity index (χ2n) is 10.7. The minimum absolute atomic E-state index is 0.0126. The molecule has 0 saturated heterocycles. The number of hydrogen-bond donors (Lipinski definition) is 0. The normalized spacial score (nSPS) is 18.1. The molecule has 0 amide bonds. The van der Waals surface area contributed by atoms with E-state index >= 15 is 0 Å². The maximum absolute atomic E-state index is 13.6. The van der Waals surface area contributed by atoms with Crippen LogP contribution in [0, 0.1) is 5.92 Å². The van der Waals surface area contributed by atoms with Gasteiger partial charge >= 0.3 is 5.97 Å². The van der Waals surface area contributed by atoms with Crippen LogP contribution in [0.3, 0.4) is 0 Å². The van der Waals surface area contributed by atoms with Crippen LogP contribution in [0.1, 0.15) is 52.2 Å². The molecule has 5 nitrogen and oxygen atoms in total. The lowest BCUT2D eigenvalue weighted by molar-refractivity contribution is -0.151. The summed E-state index contributed by atoms with van der Waals surface area (Å²) >= 11 is 0. The molecule has 0 N–H and O–H groups in total. The third-order valence-corrected chi connectivity index (χ3v) is 5.94. The summed E-state index contributed by atoms with van der Waals surface area (Å²) in [5.41, 5.74) is 4.30. The van der Waals surface area contributed by atoms with Crippen molar-refractivity contribution in [1.82, 2.24) is 4.90 Å². The van der Waals surface area contributed by atoms with E-state index in [0.717, 1.165) is 27.8 Å². The summed E-state index contributed by atoms with van der Waals surface area (Å²) in [6.07, 6.45) is 3.38. The second kappa shape index (κ2) is 10.7. The maximum Gasteiger partial charge on any atom is 0.356 e. The molecule has 1 heterocycles. The molecule has 0 saturated carbocycles. The molecule has 188 valence electrons. The van der Waals surface area contributed by atoms with Crippen LogP contribution in [0.15, 0.2) is 89.8 Å². The number of benzene rings is 2. The standard InChI is InChI=1S/C31H35NO4/c1-21(2)18-32-19-24-16-26(33)27(35-20-22-12-8-6-9-13-22)17-25(24)28(23-14-10-7-11-15-23)29(32)30(34)36-31(3,4)5/h6-15,17,19,21,27H,16,18,20H2,1-5H3. The molecule has 0 radical (unpaired) electrons. The lowest BCUT2D eigenvalue weighted by Gasteiger charge is -2.36. The smallest absolute Gasteiger partial charge is 0.356 e. The van der Waals surface area contributed by atoms with Crippen molar-refractivity contribution >= 4 is 17.3 Å². The second-order valence-corrected chi connectivity index (χ2v) is 10.7. The molecule has 1 unspecified atom stereocenters. The number of nitrogens with zero attached hydrogens (tertiary/aromatic N) is 1. The minimum atomic E-state index is -0.687. The molecule has 0 aromatic heterocycles. The molecule has 1 aliphatic carbocycles. The Labute approximate surface area is 214 Å². The Bertz CT molecular complexity index is 1200. The fraction of sp³-hybridized carbons (Fsp3) is 0.355. The highest BCUT2D eigenvalue weighted by Crippen LogP contribution is 2.42. The van der Waals surface area contributed by atoms with Gasteiger partial charge in [-0.1, -0.05) is 74.5 Å². The number of carbonyl (C=O) groups is 2. The van der Waals surface area contributed by atoms with Gasteiger partial charge in [0.05, 0.1) is 6.61 Å². The van der Waals surface area contributed by atoms with E-state index in [9.17, 15) is 9.59 Å². The van der Waals surface area contributed by atoms with Gasteiger partial charge in [0.15, 0.2) is 5.78 Å². The zero-order chi connectivity index (χ0) is 25.9. The minimum Gasteiger partial charge on any atom is -0.455 e. The van der Waals surface area contributed by atoms with Crippen LogP contribution in [0.25, 0.3) is 5.57 Å². The topological polar surface area (TPSA) is 55.8 Å². The molecule has 0 fully saturated rings. The van der Waals surface area contributed by atoms with Gasteiger partial charge in [-0.25, -0.2) is 4.79 Å². The predicted molar refractivity (Wildman–Crippen MR) is 142 cm³/mol. The lowest BCUT2D eigenvalue weighted by atomic mass is 9.81. The number of fused-ring (bicyclic) bond motifs is 1. The summed E-state index contributed by atoms with van der Waals surface area (Å²) in [5.74, 6) is -0.0708. The van der Waals surface area contributed by atoms with Gasteiger partial charge in [-0.05, 0) is 55.0 Å². The highest BCUT2D eigenvalue weighted by Gasteiger charge is 2.37. The lowest BCUT2D eigenvalue weighted by Crippen LogP contribution is -2.37. The van der Waals surface area contributed by atoms with Gasteiger partial charge in [-0.15, -0.1) is 0 Å². The van der Waals surface area contributed by atoms with Gasteiger partial charge in [0, 0.05) is 24.7 Å². The first-order chi connectivity index (χ1) is 17.1. The summed E-state index contributed by atoms with van der Waals surface area (Å²) in [6, 6.07) is 19.7. The molecule has 1 atom stereocenters. The van der Waals surface area contributed by atoms with Crippen LogP contribution in [0.4, 0.5) is 0 Å². The van der Waals surface area contributed by atoms with E-state index in [-0.39, 0.29) is 18.2 Å². The third kappa shape index (κ3) is 6.03. The van der Waals surface area contributed by atoms with Crippen LogP contribution < -0.4 is 0 Å². The number of esters is 1. The molecule has 2 aromatic carbocycles. The van der Waals surface area contributed by atoms with Gasteiger partial charge in [0.1, 0.15) is 17.4 Å². The fourth-order valence-corrected chi connectivity index (χ4v) is 4.50. The van der Waals surface area contributed by atoms with Gasteiger partial charge < -0.3 is 14.4 Å². The van der Waals surface area contributed by atoms with Crippen molar-refractivity contribution in [3.05, 3.63) is 101 Å². The Morgan fingerprint density at radius 3 is 2.28 bits per heavy atom. The van der Waals surface area contributed by atoms with Crippen molar-refractivity contribution in [1.29, 1.82) is 0 Å². The Balaban J connectivity index is 1.82. The Morgan fingerprint density at radius 2 is 1.67 bits per heavy atom. The van der Waals surface area contributed by atoms with Crippen molar-refractivity contribution in [2.24, 2.45) is 5.92 Å². The van der Waals surface area contributed by atoms with E-state index in [1.165, 1.54) is 0 Å². The molecular weight excluding hydrogens is 450 g/mol. The average Bonchev–Trinajstić information content (AvgIpc) is 2.81. The number of Topliss-reactive ketones (excluding diaryl/α,β-unsaturated/α-hetero) is 1. The summed E-state index contributed by atoms with van der Waals surface area (Å²) in [7, 11) is 0. The average molecular weight is 486 g/mol. The molecule has 1 aliphatic heterocycles. The maximum atomic E-state index is 13.6. The zero-order valence-corrected chi connectivity index (χ0v) is 21.8. The van der Waals surface area contributed by atoms with Crippen molar-refractivity contribution < 1.29 is 19.1 Å². The molecule has 2 aliphatic rings. The van der Waals surface area contributed by atoms with Crippen LogP contribution >= 0.6 is 0 Å². The van der Waals surface area contributed by atoms with Crippen LogP contribution in [0.2, 0.25) is 0 Å². The van der Waals surface area contributed by atoms with Gasteiger partial charge in [0.25, 0.3) is 0 Å². The van der Waals surface area contributed by atoms with Crippen LogP contribution in [-0.4, -0.2) is 34.9 Å². The summed E-state index contributed by atoms with van der Waals surface area (Å²) in [5, 5.41) is 0. The van der Waals surface area contributed by atoms with Gasteiger partial charge in [0.2, 0.25) is 0 Å². The molecular formula is C31H35NO4. The summed E-state index contributed by atoms with van der Waals surface area (Å²) in [4.78, 5) is 28.7. The van der Waals surface area contributed by atoms with E-state index in [1.54, 1.807) is 0 Å². The van der Waals surface area contributed by atoms with E-state index in [2.05, 4.69) is 13.8 Å². The molecule has 0 spiro atoms. The monoisotopic (exact) mass is 485 g/mol. The summed E-state index contributed by atoms with van der Waals surface area (Å²) < 4.78 is 12.0. The zero-order valence-electron chi connectivity index (χ0n) is 21.8. The van der Waals surface area contributed by atoms with E-state index in [4.69, 9.17) is 9.47 Å². The number of hydrogen-bond acceptors (Lipinski definition) is 5. The van der Waals surface area contributed by atoms with E-state index in [0.29, 0.717) is 24.8 Å².